The van der Waals surface area contributed by atoms with Gasteiger partial charge in [-0.25, -0.2) is 4.79 Å². The second-order valence-corrected chi connectivity index (χ2v) is 5.90. The van der Waals surface area contributed by atoms with Crippen LogP contribution in [0.1, 0.15) is 45.0 Å². The van der Waals surface area contributed by atoms with Crippen molar-refractivity contribution < 1.29 is 14.3 Å². The molecule has 0 heterocycles. The van der Waals surface area contributed by atoms with Crippen LogP contribution < -0.4 is 10.2 Å². The van der Waals surface area contributed by atoms with Crippen molar-refractivity contribution in [3.63, 3.8) is 0 Å². The third-order valence-corrected chi connectivity index (χ3v) is 3.95. The van der Waals surface area contributed by atoms with Gasteiger partial charge in [-0.3, -0.25) is 4.79 Å². The Morgan fingerprint density at radius 1 is 1.09 bits per heavy atom. The molecule has 0 aliphatic heterocycles. The Kier molecular flexibility index (Phi) is 7.59. The summed E-state index contributed by atoms with van der Waals surface area (Å²) in [4.78, 5) is 25.9. The summed E-state index contributed by atoms with van der Waals surface area (Å²) >= 11 is 0. The van der Waals surface area contributed by atoms with E-state index in [1.165, 1.54) is 0 Å². The fourth-order valence-corrected chi connectivity index (χ4v) is 2.07. The van der Waals surface area contributed by atoms with Gasteiger partial charge in [-0.2, -0.15) is 0 Å². The number of benzene rings is 1. The average molecular weight is 320 g/mol. The van der Waals surface area contributed by atoms with Crippen molar-refractivity contribution in [2.24, 2.45) is 5.92 Å². The van der Waals surface area contributed by atoms with E-state index >= 15 is 0 Å². The van der Waals surface area contributed by atoms with Gasteiger partial charge >= 0.3 is 5.97 Å². The van der Waals surface area contributed by atoms with Crippen molar-refractivity contribution >= 4 is 17.6 Å². The molecule has 1 amide bonds. The number of rotatable bonds is 8. The van der Waals surface area contributed by atoms with Gasteiger partial charge in [0.25, 0.3) is 5.91 Å². The second-order valence-electron chi connectivity index (χ2n) is 5.90. The van der Waals surface area contributed by atoms with E-state index in [9.17, 15) is 9.59 Å². The van der Waals surface area contributed by atoms with Crippen molar-refractivity contribution in [1.82, 2.24) is 5.32 Å². The van der Waals surface area contributed by atoms with Crippen LogP contribution in [0.5, 0.6) is 0 Å². The molecule has 5 heteroatoms. The number of nitrogens with one attached hydrogen (secondary N) is 1. The highest BCUT2D eigenvalue weighted by Gasteiger charge is 2.14. The second kappa shape index (κ2) is 9.18. The number of nitrogens with zero attached hydrogens (tertiary/aromatic N) is 1. The van der Waals surface area contributed by atoms with E-state index in [2.05, 4.69) is 24.1 Å². The number of carbonyl (C=O) groups is 2. The van der Waals surface area contributed by atoms with E-state index in [1.807, 2.05) is 32.9 Å². The first kappa shape index (κ1) is 19.0. The first-order valence-electron chi connectivity index (χ1n) is 8.20. The van der Waals surface area contributed by atoms with Crippen molar-refractivity contribution in [3.05, 3.63) is 29.8 Å². The largest absolute Gasteiger partial charge is 0.452 e. The Bertz CT molecular complexity index is 508. The fraction of sp³-hybridized carbons (Fsp3) is 0.556. The maximum Gasteiger partial charge on any atom is 0.338 e. The molecule has 0 radical (unpaired) electrons. The summed E-state index contributed by atoms with van der Waals surface area (Å²) in [5.74, 6) is -0.426. The van der Waals surface area contributed by atoms with Crippen molar-refractivity contribution in [2.45, 2.75) is 40.7 Å². The SMILES string of the molecule is CCN(CC)c1ccc(C(=O)OCC(=O)N[C@H](C)C(C)C)cc1. The van der Waals surface area contributed by atoms with Crippen molar-refractivity contribution in [3.8, 4) is 0 Å². The van der Waals surface area contributed by atoms with Gasteiger partial charge in [0, 0.05) is 24.8 Å². The van der Waals surface area contributed by atoms with Gasteiger partial charge in [-0.05, 0) is 51.0 Å². The lowest BCUT2D eigenvalue weighted by Gasteiger charge is -2.21. The summed E-state index contributed by atoms with van der Waals surface area (Å²) in [6.45, 7) is 11.7. The topological polar surface area (TPSA) is 58.6 Å². The van der Waals surface area contributed by atoms with Crippen LogP contribution in [0.4, 0.5) is 5.69 Å². The van der Waals surface area contributed by atoms with Crippen LogP contribution in [0.2, 0.25) is 0 Å². The van der Waals surface area contributed by atoms with E-state index < -0.39 is 5.97 Å². The normalized spacial score (nSPS) is 11.9. The Balaban J connectivity index is 2.53. The molecule has 0 fully saturated rings. The van der Waals surface area contributed by atoms with Crippen LogP contribution in [-0.2, 0) is 9.53 Å². The smallest absolute Gasteiger partial charge is 0.338 e. The first-order valence-corrected chi connectivity index (χ1v) is 8.20. The van der Waals surface area contributed by atoms with Gasteiger partial charge in [0.15, 0.2) is 6.61 Å². The number of ether oxygens (including phenoxy) is 1. The Morgan fingerprint density at radius 2 is 1.65 bits per heavy atom. The third-order valence-electron chi connectivity index (χ3n) is 3.95. The lowest BCUT2D eigenvalue weighted by atomic mass is 10.1. The molecule has 1 aromatic carbocycles. The van der Waals surface area contributed by atoms with Gasteiger partial charge in [0.2, 0.25) is 0 Å². The number of amides is 1. The minimum Gasteiger partial charge on any atom is -0.452 e. The van der Waals surface area contributed by atoms with Crippen LogP contribution in [0.15, 0.2) is 24.3 Å². The highest BCUT2D eigenvalue weighted by atomic mass is 16.5. The minimum atomic E-state index is -0.483. The molecule has 0 saturated heterocycles. The first-order chi connectivity index (χ1) is 10.9. The predicted molar refractivity (Wildman–Crippen MR) is 92.7 cm³/mol. The molecule has 128 valence electrons. The highest BCUT2D eigenvalue weighted by molar-refractivity contribution is 5.91. The number of anilines is 1. The van der Waals surface area contributed by atoms with Crippen LogP contribution >= 0.6 is 0 Å². The Morgan fingerprint density at radius 3 is 2.13 bits per heavy atom. The Hall–Kier alpha value is -2.04. The van der Waals surface area contributed by atoms with Crippen LogP contribution in [0, 0.1) is 5.92 Å². The van der Waals surface area contributed by atoms with Gasteiger partial charge in [0.1, 0.15) is 0 Å². The van der Waals surface area contributed by atoms with Crippen molar-refractivity contribution in [1.29, 1.82) is 0 Å². The van der Waals surface area contributed by atoms with E-state index in [0.717, 1.165) is 18.8 Å². The van der Waals surface area contributed by atoms with Gasteiger partial charge in [0.05, 0.1) is 5.56 Å². The van der Waals surface area contributed by atoms with E-state index in [0.29, 0.717) is 11.5 Å². The fourth-order valence-electron chi connectivity index (χ4n) is 2.07. The van der Waals surface area contributed by atoms with E-state index in [1.54, 1.807) is 12.1 Å². The summed E-state index contributed by atoms with van der Waals surface area (Å²) in [6.07, 6.45) is 0. The highest BCUT2D eigenvalue weighted by Crippen LogP contribution is 2.15. The lowest BCUT2D eigenvalue weighted by Crippen LogP contribution is -2.38. The number of carbonyl (C=O) groups excluding carboxylic acids is 2. The molecular formula is C18H28N2O3. The average Bonchev–Trinajstić information content (AvgIpc) is 2.54. The maximum absolute atomic E-state index is 12.0. The zero-order valence-corrected chi connectivity index (χ0v) is 14.8. The molecule has 0 saturated carbocycles. The monoisotopic (exact) mass is 320 g/mol. The zero-order valence-electron chi connectivity index (χ0n) is 14.8. The lowest BCUT2D eigenvalue weighted by molar-refractivity contribution is -0.125. The third kappa shape index (κ3) is 5.93. The summed E-state index contributed by atoms with van der Waals surface area (Å²) < 4.78 is 5.06. The van der Waals surface area contributed by atoms with Crippen LogP contribution in [0.25, 0.3) is 0 Å². The zero-order chi connectivity index (χ0) is 17.4. The quantitative estimate of drug-likeness (QED) is 0.748. The number of hydrogen-bond acceptors (Lipinski definition) is 4. The maximum atomic E-state index is 12.0. The molecule has 0 aliphatic carbocycles. The molecule has 1 atom stereocenters. The van der Waals surface area contributed by atoms with Crippen LogP contribution in [0.3, 0.4) is 0 Å². The number of hydrogen-bond donors (Lipinski definition) is 1. The molecule has 0 aliphatic rings. The summed E-state index contributed by atoms with van der Waals surface area (Å²) in [6, 6.07) is 7.29. The minimum absolute atomic E-state index is 0.0505. The summed E-state index contributed by atoms with van der Waals surface area (Å²) in [7, 11) is 0. The summed E-state index contributed by atoms with van der Waals surface area (Å²) in [5, 5.41) is 2.80. The molecule has 0 aromatic heterocycles. The van der Waals surface area contributed by atoms with Crippen molar-refractivity contribution in [2.75, 3.05) is 24.6 Å². The summed E-state index contributed by atoms with van der Waals surface area (Å²) in [5.41, 5.74) is 1.51. The number of esters is 1. The molecule has 0 unspecified atom stereocenters. The van der Waals surface area contributed by atoms with Gasteiger partial charge in [-0.1, -0.05) is 13.8 Å². The van der Waals surface area contributed by atoms with Crippen LogP contribution in [-0.4, -0.2) is 37.6 Å². The van der Waals surface area contributed by atoms with Gasteiger partial charge in [-0.15, -0.1) is 0 Å². The molecule has 5 nitrogen and oxygen atoms in total. The molecule has 0 bridgehead atoms. The van der Waals surface area contributed by atoms with Gasteiger partial charge < -0.3 is 15.0 Å². The molecule has 0 spiro atoms. The van der Waals surface area contributed by atoms with E-state index in [-0.39, 0.29) is 18.6 Å². The molecule has 23 heavy (non-hydrogen) atoms. The molecule has 1 aromatic rings. The standard InChI is InChI=1S/C18H28N2O3/c1-6-20(7-2)16-10-8-15(9-11-16)18(22)23-12-17(21)19-14(5)13(3)4/h8-11,13-14H,6-7,12H2,1-5H3,(H,19,21)/t14-/m1/s1. The predicted octanol–water partition coefficient (Wildman–Crippen LogP) is 2.85. The molecule has 1 N–H and O–H groups in total. The molecular weight excluding hydrogens is 292 g/mol. The Labute approximate surface area is 139 Å². The molecule has 1 rings (SSSR count). The van der Waals surface area contributed by atoms with E-state index in [4.69, 9.17) is 4.74 Å².